The van der Waals surface area contributed by atoms with E-state index < -0.39 is 23.1 Å². The molecule has 1 heterocycles. The van der Waals surface area contributed by atoms with Gasteiger partial charge in [-0.05, 0) is 60.2 Å². The smallest absolute Gasteiger partial charge is 0.407 e. The number of benzene rings is 2. The number of rotatable bonds is 10. The van der Waals surface area contributed by atoms with Gasteiger partial charge in [0.25, 0.3) is 0 Å². The second-order valence-corrected chi connectivity index (χ2v) is 10.4. The van der Waals surface area contributed by atoms with E-state index in [2.05, 4.69) is 19.2 Å². The zero-order chi connectivity index (χ0) is 27.2. The molecule has 1 aliphatic heterocycles. The number of carboxylic acid groups (broad SMARTS) is 1. The summed E-state index contributed by atoms with van der Waals surface area (Å²) in [5, 5.41) is 14.9. The van der Waals surface area contributed by atoms with Gasteiger partial charge < -0.3 is 20.9 Å². The van der Waals surface area contributed by atoms with Gasteiger partial charge >= 0.3 is 12.1 Å². The summed E-state index contributed by atoms with van der Waals surface area (Å²) in [6.45, 7) is 7.85. The molecule has 4 N–H and O–H groups in total. The molecule has 0 spiro atoms. The molecule has 0 fully saturated rings. The highest BCUT2D eigenvalue weighted by Gasteiger charge is 2.58. The fourth-order valence-electron chi connectivity index (χ4n) is 4.76. The second-order valence-electron chi connectivity index (χ2n) is 10.0. The zero-order valence-electron chi connectivity index (χ0n) is 21.8. The highest BCUT2D eigenvalue weighted by atomic mass is 32.1. The number of aliphatic carboxylic acids is 1. The van der Waals surface area contributed by atoms with Gasteiger partial charge in [-0.1, -0.05) is 86.2 Å². The number of carbonyl (C=O) groups is 2. The van der Waals surface area contributed by atoms with Gasteiger partial charge in [0.1, 0.15) is 17.7 Å². The molecule has 2 atom stereocenters. The van der Waals surface area contributed by atoms with Crippen molar-refractivity contribution in [1.29, 1.82) is 0 Å². The largest absolute Gasteiger partial charge is 0.480 e. The van der Waals surface area contributed by atoms with Crippen LogP contribution in [0, 0.1) is 18.3 Å². The number of aliphatic imine (C=N–C) groups is 1. The maximum atomic E-state index is 13.0. The maximum Gasteiger partial charge on any atom is 0.407 e. The number of nitrogens with two attached hydrogens (primary N) is 1. The molecule has 3 rings (SSSR count). The topological polar surface area (TPSA) is 114 Å². The minimum absolute atomic E-state index is 0.00567. The van der Waals surface area contributed by atoms with Crippen LogP contribution in [0.15, 0.2) is 65.2 Å². The average molecular weight is 522 g/mol. The Labute approximate surface area is 223 Å². The molecule has 0 aliphatic carbocycles. The number of amides is 1. The summed E-state index contributed by atoms with van der Waals surface area (Å²) >= 11 is 5.17. The number of nitrogens with one attached hydrogen (secondary N) is 1. The van der Waals surface area contributed by atoms with E-state index in [4.69, 9.17) is 27.7 Å². The fraction of sp³-hybridized carbons (Fsp3) is 0.379. The van der Waals surface area contributed by atoms with E-state index in [0.717, 1.165) is 11.1 Å². The number of hydrogen-bond acceptors (Lipinski definition) is 6. The first-order valence-corrected chi connectivity index (χ1v) is 12.8. The number of hydrogen-bond donors (Lipinski definition) is 3. The molecule has 0 aromatic heterocycles. The van der Waals surface area contributed by atoms with Crippen LogP contribution in [0.25, 0.3) is 5.57 Å². The molecule has 0 bridgehead atoms. The standard InChI is InChI=1S/C29H35N3O4S/c1-19(2)16-24-23(17-31-27(35)36-18-21-8-6-5-7-9-21)25(22-12-10-20(3)11-13-22)29(14-15-37,26(33)34)28(4,30)32-24/h5-13,15,19H,14,16-18,30H2,1-4H3,(H,31,35)(H,33,34). The monoisotopic (exact) mass is 521 g/mol. The first kappa shape index (κ1) is 28.2. The third-order valence-electron chi connectivity index (χ3n) is 6.63. The minimum atomic E-state index is -1.63. The summed E-state index contributed by atoms with van der Waals surface area (Å²) in [7, 11) is 0. The third kappa shape index (κ3) is 6.14. The Morgan fingerprint density at radius 2 is 1.81 bits per heavy atom. The summed E-state index contributed by atoms with van der Waals surface area (Å²) in [6.07, 6.45) is -0.0554. The van der Waals surface area contributed by atoms with E-state index in [1.807, 2.05) is 61.5 Å². The Morgan fingerprint density at radius 1 is 1.16 bits per heavy atom. The van der Waals surface area contributed by atoms with Gasteiger partial charge in [0.15, 0.2) is 0 Å². The van der Waals surface area contributed by atoms with Crippen molar-refractivity contribution in [2.45, 2.75) is 52.8 Å². The molecular formula is C29H35N3O4S. The summed E-state index contributed by atoms with van der Waals surface area (Å²) in [5.74, 6) is -0.901. The van der Waals surface area contributed by atoms with Gasteiger partial charge in [-0.15, -0.1) is 0 Å². The van der Waals surface area contributed by atoms with Gasteiger partial charge in [0, 0.05) is 12.3 Å². The predicted octanol–water partition coefficient (Wildman–Crippen LogP) is 5.31. The fourth-order valence-corrected chi connectivity index (χ4v) is 5.01. The number of ether oxygens (including phenoxy) is 1. The Bertz CT molecular complexity index is 1200. The molecule has 2 aromatic carbocycles. The van der Waals surface area contributed by atoms with Crippen LogP contribution in [-0.2, 0) is 16.1 Å². The Hall–Kier alpha value is -3.36. The Kier molecular flexibility index (Phi) is 8.99. The van der Waals surface area contributed by atoms with E-state index in [1.165, 1.54) is 5.37 Å². The normalized spacial score (nSPS) is 21.4. The number of nitrogens with zero attached hydrogens (tertiary/aromatic N) is 1. The van der Waals surface area contributed by atoms with Crippen LogP contribution >= 0.6 is 12.2 Å². The second kappa shape index (κ2) is 11.8. The molecule has 0 saturated heterocycles. The number of carboxylic acids is 1. The number of aryl methyl sites for hydroxylation is 1. The molecule has 196 valence electrons. The van der Waals surface area contributed by atoms with Gasteiger partial charge in [-0.2, -0.15) is 0 Å². The quantitative estimate of drug-likeness (QED) is 0.365. The zero-order valence-corrected chi connectivity index (χ0v) is 22.6. The molecule has 2 unspecified atom stereocenters. The number of dihydropyridines is 1. The van der Waals surface area contributed by atoms with E-state index in [1.54, 1.807) is 6.92 Å². The van der Waals surface area contributed by atoms with E-state index in [9.17, 15) is 14.7 Å². The van der Waals surface area contributed by atoms with Crippen molar-refractivity contribution in [1.82, 2.24) is 5.32 Å². The van der Waals surface area contributed by atoms with Crippen molar-refractivity contribution in [2.75, 3.05) is 6.54 Å². The average Bonchev–Trinajstić information content (AvgIpc) is 2.84. The lowest BCUT2D eigenvalue weighted by Crippen LogP contribution is -2.60. The van der Waals surface area contributed by atoms with E-state index >= 15 is 0 Å². The molecule has 2 aromatic rings. The number of carbonyl (C=O) groups excluding carboxylic acids is 1. The van der Waals surface area contributed by atoms with Crippen molar-refractivity contribution in [2.24, 2.45) is 22.1 Å². The number of alkyl carbamates (subject to hydrolysis) is 1. The van der Waals surface area contributed by atoms with Crippen molar-refractivity contribution >= 4 is 40.9 Å². The van der Waals surface area contributed by atoms with Crippen LogP contribution in [-0.4, -0.2) is 40.5 Å². The van der Waals surface area contributed by atoms with Gasteiger partial charge in [0.05, 0.1) is 0 Å². The summed E-state index contributed by atoms with van der Waals surface area (Å²) in [4.78, 5) is 30.5. The summed E-state index contributed by atoms with van der Waals surface area (Å²) in [5.41, 5.74) is 8.01. The maximum absolute atomic E-state index is 13.0. The first-order chi connectivity index (χ1) is 17.5. The molecule has 37 heavy (non-hydrogen) atoms. The van der Waals surface area contributed by atoms with Crippen LogP contribution < -0.4 is 11.1 Å². The summed E-state index contributed by atoms with van der Waals surface area (Å²) in [6, 6.07) is 17.0. The van der Waals surface area contributed by atoms with Gasteiger partial charge in [0.2, 0.25) is 0 Å². The first-order valence-electron chi connectivity index (χ1n) is 12.3. The van der Waals surface area contributed by atoms with Crippen molar-refractivity contribution in [3.8, 4) is 0 Å². The van der Waals surface area contributed by atoms with Crippen LogP contribution in [0.4, 0.5) is 4.79 Å². The molecule has 7 nitrogen and oxygen atoms in total. The van der Waals surface area contributed by atoms with Crippen LogP contribution in [0.3, 0.4) is 0 Å². The van der Waals surface area contributed by atoms with E-state index in [0.29, 0.717) is 28.8 Å². The van der Waals surface area contributed by atoms with E-state index in [-0.39, 0.29) is 25.5 Å². The molecule has 1 aliphatic rings. The molecule has 0 radical (unpaired) electrons. The third-order valence-corrected chi connectivity index (χ3v) is 6.79. The molecule has 0 saturated carbocycles. The lowest BCUT2D eigenvalue weighted by atomic mass is 9.62. The van der Waals surface area contributed by atoms with Crippen molar-refractivity contribution in [3.05, 3.63) is 76.9 Å². The lowest BCUT2D eigenvalue weighted by Gasteiger charge is -2.46. The van der Waals surface area contributed by atoms with Crippen LogP contribution in [0.1, 0.15) is 50.3 Å². The summed E-state index contributed by atoms with van der Waals surface area (Å²) < 4.78 is 5.40. The molecular weight excluding hydrogens is 486 g/mol. The Balaban J connectivity index is 2.11. The van der Waals surface area contributed by atoms with Crippen LogP contribution in [0.5, 0.6) is 0 Å². The minimum Gasteiger partial charge on any atom is -0.480 e. The molecule has 1 amide bonds. The van der Waals surface area contributed by atoms with Crippen molar-refractivity contribution < 1.29 is 19.4 Å². The highest BCUT2D eigenvalue weighted by molar-refractivity contribution is 7.78. The van der Waals surface area contributed by atoms with Crippen molar-refractivity contribution in [3.63, 3.8) is 0 Å². The highest BCUT2D eigenvalue weighted by Crippen LogP contribution is 2.51. The molecule has 8 heteroatoms. The SMILES string of the molecule is Cc1ccc(C2=C(CNC(=O)OCc3ccccc3)C(CC(C)C)=NC(C)(N)C2(CC=S)C(=O)O)cc1. The van der Waals surface area contributed by atoms with Crippen LogP contribution in [0.2, 0.25) is 0 Å². The van der Waals surface area contributed by atoms with Gasteiger partial charge in [-0.3, -0.25) is 9.79 Å². The lowest BCUT2D eigenvalue weighted by molar-refractivity contribution is -0.148. The predicted molar refractivity (Wildman–Crippen MR) is 151 cm³/mol. The van der Waals surface area contributed by atoms with Gasteiger partial charge in [-0.25, -0.2) is 4.79 Å². The Morgan fingerprint density at radius 3 is 2.38 bits per heavy atom. The number of thiocarbonyl (C=S) groups is 1.